The lowest BCUT2D eigenvalue weighted by Crippen LogP contribution is -2.34. The molecule has 0 aliphatic rings. The highest BCUT2D eigenvalue weighted by atomic mass is 35.5. The number of benzene rings is 1. The predicted molar refractivity (Wildman–Crippen MR) is 137 cm³/mol. The third-order valence-corrected chi connectivity index (χ3v) is 6.11. The maximum atomic E-state index is 13.5. The topological polar surface area (TPSA) is 124 Å². The Bertz CT molecular complexity index is 1430. The number of thiazole rings is 1. The van der Waals surface area contributed by atoms with E-state index in [-0.39, 0.29) is 11.6 Å². The zero-order chi connectivity index (χ0) is 25.2. The van der Waals surface area contributed by atoms with E-state index in [1.54, 1.807) is 49.0 Å². The second kappa shape index (κ2) is 10.1. The molecule has 3 aromatic heterocycles. The van der Waals surface area contributed by atoms with E-state index in [1.807, 2.05) is 6.92 Å². The molecule has 35 heavy (non-hydrogen) atoms. The molecule has 0 bridgehead atoms. The molecule has 1 aromatic carbocycles. The van der Waals surface area contributed by atoms with Gasteiger partial charge in [-0.1, -0.05) is 17.7 Å². The van der Waals surface area contributed by atoms with Crippen molar-refractivity contribution in [3.8, 4) is 0 Å². The number of amides is 1. The lowest BCUT2D eigenvalue weighted by atomic mass is 10.2. The van der Waals surface area contributed by atoms with Gasteiger partial charge in [-0.05, 0) is 46.2 Å². The Morgan fingerprint density at radius 2 is 2.06 bits per heavy atom. The Labute approximate surface area is 210 Å². The fourth-order valence-corrected chi connectivity index (χ4v) is 4.48. The van der Waals surface area contributed by atoms with Crippen molar-refractivity contribution in [1.82, 2.24) is 29.8 Å². The van der Waals surface area contributed by atoms with Crippen LogP contribution in [0.1, 0.15) is 46.0 Å². The first kappa shape index (κ1) is 24.8. The first-order valence-corrected chi connectivity index (χ1v) is 12.4. The van der Waals surface area contributed by atoms with E-state index >= 15 is 0 Å². The van der Waals surface area contributed by atoms with Gasteiger partial charge in [0.1, 0.15) is 28.1 Å². The molecule has 4 rings (SSSR count). The molecule has 0 fully saturated rings. The molecule has 0 saturated heterocycles. The number of halogens is 1. The molecule has 0 aliphatic carbocycles. The number of nitrogens with one attached hydrogen (secondary N) is 2. The molecule has 4 aromatic rings. The standard InChI is InChI=1S/C23H26ClN7O3S/c1-13(29-18-17-20(27-11-26-18)35-12-28-17)19-30-15-8-5-7-14(24)16(15)21(32)31(19)10-6-9-25-22(33)34-23(2,3)4/h5,7-8,11-13H,6,9-10H2,1-4H3,(H,25,33)(H,26,27,29)/t13-/m0/s1. The number of anilines is 1. The Balaban J connectivity index is 1.61. The average molecular weight is 516 g/mol. The van der Waals surface area contributed by atoms with Gasteiger partial charge in [0.15, 0.2) is 5.82 Å². The SMILES string of the molecule is C[C@H](Nc1ncnc2scnc12)c1nc2cccc(Cl)c2c(=O)n1CCCNC(=O)OC(C)(C)C. The summed E-state index contributed by atoms with van der Waals surface area (Å²) in [6.07, 6.45) is 1.45. The molecule has 1 amide bonds. The number of hydrogen-bond acceptors (Lipinski definition) is 9. The Morgan fingerprint density at radius 3 is 2.83 bits per heavy atom. The van der Waals surface area contributed by atoms with E-state index in [9.17, 15) is 9.59 Å². The largest absolute Gasteiger partial charge is 0.444 e. The summed E-state index contributed by atoms with van der Waals surface area (Å²) in [4.78, 5) is 43.9. The van der Waals surface area contributed by atoms with Crippen LogP contribution in [0.25, 0.3) is 21.3 Å². The molecule has 1 atom stereocenters. The van der Waals surface area contributed by atoms with Crippen molar-refractivity contribution in [3.05, 3.63) is 51.2 Å². The summed E-state index contributed by atoms with van der Waals surface area (Å²) in [7, 11) is 0. The van der Waals surface area contributed by atoms with Crippen molar-refractivity contribution < 1.29 is 9.53 Å². The van der Waals surface area contributed by atoms with Gasteiger partial charge in [0, 0.05) is 13.1 Å². The summed E-state index contributed by atoms with van der Waals surface area (Å²) >= 11 is 7.77. The maximum absolute atomic E-state index is 13.5. The number of hydrogen-bond donors (Lipinski definition) is 2. The van der Waals surface area contributed by atoms with Crippen LogP contribution in [-0.2, 0) is 11.3 Å². The molecule has 10 nitrogen and oxygen atoms in total. The van der Waals surface area contributed by atoms with Crippen LogP contribution in [0.2, 0.25) is 5.02 Å². The van der Waals surface area contributed by atoms with Crippen molar-refractivity contribution >= 4 is 56.1 Å². The summed E-state index contributed by atoms with van der Waals surface area (Å²) in [6.45, 7) is 7.94. The summed E-state index contributed by atoms with van der Waals surface area (Å²) in [5.41, 5.74) is 2.04. The molecule has 0 aliphatic heterocycles. The third-order valence-electron chi connectivity index (χ3n) is 5.06. The van der Waals surface area contributed by atoms with Crippen LogP contribution in [0.5, 0.6) is 0 Å². The molecule has 0 unspecified atom stereocenters. The van der Waals surface area contributed by atoms with E-state index in [2.05, 4.69) is 25.6 Å². The smallest absolute Gasteiger partial charge is 0.407 e. The highest BCUT2D eigenvalue weighted by Gasteiger charge is 2.20. The third kappa shape index (κ3) is 5.68. The van der Waals surface area contributed by atoms with Gasteiger partial charge in [-0.15, -0.1) is 11.3 Å². The first-order chi connectivity index (χ1) is 16.6. The van der Waals surface area contributed by atoms with Gasteiger partial charge in [0.05, 0.1) is 27.5 Å². The minimum absolute atomic E-state index is 0.247. The Kier molecular flexibility index (Phi) is 7.18. The van der Waals surface area contributed by atoms with Crippen molar-refractivity contribution in [2.45, 2.75) is 52.3 Å². The van der Waals surface area contributed by atoms with E-state index < -0.39 is 11.7 Å². The lowest BCUT2D eigenvalue weighted by molar-refractivity contribution is 0.0526. The molecule has 0 saturated carbocycles. The van der Waals surface area contributed by atoms with Gasteiger partial charge in [-0.3, -0.25) is 9.36 Å². The average Bonchev–Trinajstić information content (AvgIpc) is 3.26. The molecule has 184 valence electrons. The van der Waals surface area contributed by atoms with Crippen LogP contribution in [0.4, 0.5) is 10.6 Å². The monoisotopic (exact) mass is 515 g/mol. The van der Waals surface area contributed by atoms with Crippen molar-refractivity contribution in [3.63, 3.8) is 0 Å². The van der Waals surface area contributed by atoms with E-state index in [4.69, 9.17) is 21.3 Å². The minimum atomic E-state index is -0.585. The van der Waals surface area contributed by atoms with Gasteiger partial charge in [-0.25, -0.2) is 24.7 Å². The zero-order valence-corrected chi connectivity index (χ0v) is 21.4. The Morgan fingerprint density at radius 1 is 1.26 bits per heavy atom. The van der Waals surface area contributed by atoms with E-state index in [1.165, 1.54) is 17.7 Å². The predicted octanol–water partition coefficient (Wildman–Crippen LogP) is 4.54. The second-order valence-corrected chi connectivity index (χ2v) is 10.2. The minimum Gasteiger partial charge on any atom is -0.444 e. The first-order valence-electron chi connectivity index (χ1n) is 11.1. The van der Waals surface area contributed by atoms with Gasteiger partial charge >= 0.3 is 6.09 Å². The molecule has 0 spiro atoms. The molecular formula is C23H26ClN7O3S. The molecular weight excluding hydrogens is 490 g/mol. The normalized spacial score (nSPS) is 12.6. The van der Waals surface area contributed by atoms with Crippen LogP contribution < -0.4 is 16.2 Å². The molecule has 0 radical (unpaired) electrons. The van der Waals surface area contributed by atoms with E-state index in [0.717, 1.165) is 4.83 Å². The highest BCUT2D eigenvalue weighted by Crippen LogP contribution is 2.26. The van der Waals surface area contributed by atoms with E-state index in [0.29, 0.717) is 52.6 Å². The number of rotatable bonds is 7. The number of ether oxygens (including phenoxy) is 1. The van der Waals surface area contributed by atoms with Crippen molar-refractivity contribution in [1.29, 1.82) is 0 Å². The fraction of sp³-hybridized carbons (Fsp3) is 0.391. The molecule has 2 N–H and O–H groups in total. The molecule has 12 heteroatoms. The molecule has 3 heterocycles. The summed E-state index contributed by atoms with van der Waals surface area (Å²) < 4.78 is 6.85. The number of aromatic nitrogens is 5. The van der Waals surface area contributed by atoms with Crippen LogP contribution in [-0.4, -0.2) is 42.7 Å². The second-order valence-electron chi connectivity index (χ2n) is 8.94. The van der Waals surface area contributed by atoms with Crippen LogP contribution >= 0.6 is 22.9 Å². The van der Waals surface area contributed by atoms with Crippen LogP contribution in [0, 0.1) is 0 Å². The quantitative estimate of drug-likeness (QED) is 0.344. The van der Waals surface area contributed by atoms with Gasteiger partial charge < -0.3 is 15.4 Å². The number of alkyl carbamates (subject to hydrolysis) is 1. The Hall–Kier alpha value is -3.31. The highest BCUT2D eigenvalue weighted by molar-refractivity contribution is 7.16. The number of nitrogens with zero attached hydrogens (tertiary/aromatic N) is 5. The number of fused-ring (bicyclic) bond motifs is 2. The lowest BCUT2D eigenvalue weighted by Gasteiger charge is -2.21. The van der Waals surface area contributed by atoms with Gasteiger partial charge in [0.2, 0.25) is 0 Å². The summed E-state index contributed by atoms with van der Waals surface area (Å²) in [6, 6.07) is 4.81. The summed E-state index contributed by atoms with van der Waals surface area (Å²) in [5, 5.41) is 6.73. The summed E-state index contributed by atoms with van der Waals surface area (Å²) in [5.74, 6) is 1.08. The van der Waals surface area contributed by atoms with Crippen LogP contribution in [0.3, 0.4) is 0 Å². The van der Waals surface area contributed by atoms with Gasteiger partial charge in [0.25, 0.3) is 5.56 Å². The number of carbonyl (C=O) groups excluding carboxylic acids is 1. The van der Waals surface area contributed by atoms with Crippen LogP contribution in [0.15, 0.2) is 34.8 Å². The van der Waals surface area contributed by atoms with Crippen molar-refractivity contribution in [2.75, 3.05) is 11.9 Å². The maximum Gasteiger partial charge on any atom is 0.407 e. The fourth-order valence-electron chi connectivity index (χ4n) is 3.60. The zero-order valence-electron chi connectivity index (χ0n) is 19.8. The van der Waals surface area contributed by atoms with Crippen molar-refractivity contribution in [2.24, 2.45) is 0 Å². The number of carbonyl (C=O) groups is 1. The van der Waals surface area contributed by atoms with Gasteiger partial charge in [-0.2, -0.15) is 0 Å².